The fraction of sp³-hybridized carbons (Fsp3) is 0.346. The van der Waals surface area contributed by atoms with Crippen LogP contribution in [0.3, 0.4) is 0 Å². The van der Waals surface area contributed by atoms with Gasteiger partial charge in [0.2, 0.25) is 0 Å². The number of para-hydroxylation sites is 1. The molecule has 2 aliphatic rings. The van der Waals surface area contributed by atoms with E-state index in [4.69, 9.17) is 4.74 Å². The molecule has 0 spiro atoms. The second-order valence-electron chi connectivity index (χ2n) is 8.76. The minimum Gasteiger partial charge on any atom is -0.457 e. The van der Waals surface area contributed by atoms with E-state index in [-0.39, 0.29) is 5.91 Å². The first kappa shape index (κ1) is 22.2. The van der Waals surface area contributed by atoms with Crippen molar-refractivity contribution in [1.82, 2.24) is 20.0 Å². The molecule has 3 aromatic rings. The van der Waals surface area contributed by atoms with Gasteiger partial charge in [-0.15, -0.1) is 10.2 Å². The van der Waals surface area contributed by atoms with Gasteiger partial charge >= 0.3 is 0 Å². The third kappa shape index (κ3) is 5.12. The quantitative estimate of drug-likeness (QED) is 0.582. The molecule has 2 aromatic carbocycles. The molecule has 176 valence electrons. The zero-order valence-electron chi connectivity index (χ0n) is 19.5. The van der Waals surface area contributed by atoms with E-state index in [9.17, 15) is 4.79 Å². The number of benzene rings is 2. The van der Waals surface area contributed by atoms with E-state index < -0.39 is 0 Å². The van der Waals surface area contributed by atoms with E-state index >= 15 is 0 Å². The molecule has 8 nitrogen and oxygen atoms in total. The standard InChI is InChI=1S/C26H30N6O2/c1-29-13-15-30(16-14-29)24-11-12-25(28-27-24)31-17-19-32(20-18-31)26(33)21-7-9-23(10-8-21)34-22-5-3-2-4-6-22/h2-12H,13-20H2,1H3. The molecule has 0 saturated carbocycles. The van der Waals surface area contributed by atoms with Crippen LogP contribution in [0.4, 0.5) is 11.6 Å². The van der Waals surface area contributed by atoms with Crippen molar-refractivity contribution in [2.45, 2.75) is 0 Å². The first-order chi connectivity index (χ1) is 16.7. The highest BCUT2D eigenvalue weighted by molar-refractivity contribution is 5.94. The second kappa shape index (κ2) is 10.1. The number of hydrogen-bond donors (Lipinski definition) is 0. The van der Waals surface area contributed by atoms with Gasteiger partial charge in [0.05, 0.1) is 0 Å². The van der Waals surface area contributed by atoms with Crippen molar-refractivity contribution in [1.29, 1.82) is 0 Å². The average molecular weight is 459 g/mol. The summed E-state index contributed by atoms with van der Waals surface area (Å²) in [5, 5.41) is 8.94. The highest BCUT2D eigenvalue weighted by Crippen LogP contribution is 2.22. The number of anilines is 2. The lowest BCUT2D eigenvalue weighted by Crippen LogP contribution is -2.49. The number of likely N-dealkylation sites (N-methyl/N-ethyl adjacent to an activating group) is 1. The zero-order chi connectivity index (χ0) is 23.3. The van der Waals surface area contributed by atoms with E-state index in [1.165, 1.54) is 0 Å². The molecule has 2 saturated heterocycles. The van der Waals surface area contributed by atoms with Gasteiger partial charge < -0.3 is 24.3 Å². The molecule has 1 aromatic heterocycles. The summed E-state index contributed by atoms with van der Waals surface area (Å²) in [5.74, 6) is 3.34. The Morgan fingerprint density at radius 3 is 1.76 bits per heavy atom. The summed E-state index contributed by atoms with van der Waals surface area (Å²) < 4.78 is 5.82. The Morgan fingerprint density at radius 1 is 0.676 bits per heavy atom. The molecule has 0 N–H and O–H groups in total. The van der Waals surface area contributed by atoms with Crippen LogP contribution >= 0.6 is 0 Å². The van der Waals surface area contributed by atoms with Gasteiger partial charge in [-0.1, -0.05) is 18.2 Å². The summed E-state index contributed by atoms with van der Waals surface area (Å²) in [6, 6.07) is 21.1. The Hall–Kier alpha value is -3.65. The Bertz CT molecular complexity index is 1070. The first-order valence-corrected chi connectivity index (χ1v) is 11.8. The summed E-state index contributed by atoms with van der Waals surface area (Å²) in [6.45, 7) is 6.83. The number of carbonyl (C=O) groups is 1. The van der Waals surface area contributed by atoms with Crippen molar-refractivity contribution in [3.63, 3.8) is 0 Å². The van der Waals surface area contributed by atoms with Crippen molar-refractivity contribution in [3.05, 3.63) is 72.3 Å². The third-order valence-electron chi connectivity index (χ3n) is 6.43. The molecule has 3 heterocycles. The van der Waals surface area contributed by atoms with Crippen molar-refractivity contribution in [2.24, 2.45) is 0 Å². The topological polar surface area (TPSA) is 65.0 Å². The fourth-order valence-electron chi connectivity index (χ4n) is 4.30. The normalized spacial score (nSPS) is 17.0. The lowest BCUT2D eigenvalue weighted by Gasteiger charge is -2.36. The van der Waals surface area contributed by atoms with E-state index in [1.54, 1.807) is 0 Å². The van der Waals surface area contributed by atoms with Crippen LogP contribution in [0.5, 0.6) is 11.5 Å². The number of ether oxygens (including phenoxy) is 1. The van der Waals surface area contributed by atoms with Crippen molar-refractivity contribution >= 4 is 17.5 Å². The number of hydrogen-bond acceptors (Lipinski definition) is 7. The van der Waals surface area contributed by atoms with E-state index in [0.717, 1.165) is 56.7 Å². The Kier molecular flexibility index (Phi) is 6.58. The molecule has 0 aliphatic carbocycles. The van der Waals surface area contributed by atoms with E-state index in [0.29, 0.717) is 24.4 Å². The number of rotatable bonds is 5. The highest BCUT2D eigenvalue weighted by atomic mass is 16.5. The lowest BCUT2D eigenvalue weighted by molar-refractivity contribution is 0.0746. The lowest BCUT2D eigenvalue weighted by atomic mass is 10.1. The van der Waals surface area contributed by atoms with Crippen LogP contribution in [0.1, 0.15) is 10.4 Å². The average Bonchev–Trinajstić information content (AvgIpc) is 2.90. The summed E-state index contributed by atoms with van der Waals surface area (Å²) >= 11 is 0. The molecule has 0 radical (unpaired) electrons. The van der Waals surface area contributed by atoms with Crippen LogP contribution < -0.4 is 14.5 Å². The number of nitrogens with zero attached hydrogens (tertiary/aromatic N) is 6. The maximum atomic E-state index is 13.0. The van der Waals surface area contributed by atoms with E-state index in [1.807, 2.05) is 65.6 Å². The molecular weight excluding hydrogens is 428 g/mol. The Labute approximate surface area is 200 Å². The maximum absolute atomic E-state index is 13.0. The Morgan fingerprint density at radius 2 is 1.21 bits per heavy atom. The molecule has 8 heteroatoms. The van der Waals surface area contributed by atoms with Crippen LogP contribution in [0.25, 0.3) is 0 Å². The van der Waals surface area contributed by atoms with E-state index in [2.05, 4.69) is 38.0 Å². The Balaban J connectivity index is 1.14. The predicted molar refractivity (Wildman–Crippen MR) is 133 cm³/mol. The zero-order valence-corrected chi connectivity index (χ0v) is 19.5. The van der Waals surface area contributed by atoms with Crippen LogP contribution in [0, 0.1) is 0 Å². The fourth-order valence-corrected chi connectivity index (χ4v) is 4.30. The molecule has 5 rings (SSSR count). The minimum absolute atomic E-state index is 0.0439. The summed E-state index contributed by atoms with van der Waals surface area (Å²) in [6.07, 6.45) is 0. The smallest absolute Gasteiger partial charge is 0.253 e. The number of aromatic nitrogens is 2. The summed E-state index contributed by atoms with van der Waals surface area (Å²) in [5.41, 5.74) is 0.671. The third-order valence-corrected chi connectivity index (χ3v) is 6.43. The van der Waals surface area contributed by atoms with Crippen LogP contribution in [-0.2, 0) is 0 Å². The molecule has 1 amide bonds. The van der Waals surface area contributed by atoms with Gasteiger partial charge in [0, 0.05) is 57.9 Å². The molecule has 0 atom stereocenters. The van der Waals surface area contributed by atoms with Gasteiger partial charge in [-0.05, 0) is 55.6 Å². The molecule has 34 heavy (non-hydrogen) atoms. The van der Waals surface area contributed by atoms with Crippen LogP contribution in [0.2, 0.25) is 0 Å². The van der Waals surface area contributed by atoms with Gasteiger partial charge in [0.15, 0.2) is 11.6 Å². The van der Waals surface area contributed by atoms with Crippen molar-refractivity contribution < 1.29 is 9.53 Å². The molecule has 2 aliphatic heterocycles. The summed E-state index contributed by atoms with van der Waals surface area (Å²) in [7, 11) is 2.14. The molecule has 0 bridgehead atoms. The summed E-state index contributed by atoms with van der Waals surface area (Å²) in [4.78, 5) is 21.7. The minimum atomic E-state index is 0.0439. The molecule has 2 fully saturated rings. The number of carbonyl (C=O) groups excluding carboxylic acids is 1. The number of amides is 1. The second-order valence-corrected chi connectivity index (χ2v) is 8.76. The SMILES string of the molecule is CN1CCN(c2ccc(N3CCN(C(=O)c4ccc(Oc5ccccc5)cc4)CC3)nn2)CC1. The van der Waals surface area contributed by atoms with Crippen LogP contribution in [0.15, 0.2) is 66.7 Å². The van der Waals surface area contributed by atoms with Gasteiger partial charge in [-0.2, -0.15) is 0 Å². The van der Waals surface area contributed by atoms with Crippen LogP contribution in [-0.4, -0.2) is 85.3 Å². The highest BCUT2D eigenvalue weighted by Gasteiger charge is 2.23. The molecule has 0 unspecified atom stereocenters. The van der Waals surface area contributed by atoms with Gasteiger partial charge in [0.25, 0.3) is 5.91 Å². The largest absolute Gasteiger partial charge is 0.457 e. The number of piperazine rings is 2. The van der Waals surface area contributed by atoms with Crippen molar-refractivity contribution in [2.75, 3.05) is 69.2 Å². The first-order valence-electron chi connectivity index (χ1n) is 11.8. The van der Waals surface area contributed by atoms with Gasteiger partial charge in [-0.25, -0.2) is 0 Å². The maximum Gasteiger partial charge on any atom is 0.253 e. The molecular formula is C26H30N6O2. The van der Waals surface area contributed by atoms with Crippen molar-refractivity contribution in [3.8, 4) is 11.5 Å². The van der Waals surface area contributed by atoms with Gasteiger partial charge in [-0.3, -0.25) is 4.79 Å². The predicted octanol–water partition coefficient (Wildman–Crippen LogP) is 2.98. The monoisotopic (exact) mass is 458 g/mol. The van der Waals surface area contributed by atoms with Gasteiger partial charge in [0.1, 0.15) is 11.5 Å².